The maximum absolute atomic E-state index is 12.7. The molecule has 0 aliphatic carbocycles. The van der Waals surface area contributed by atoms with Crippen LogP contribution in [0.15, 0.2) is 12.4 Å². The van der Waals surface area contributed by atoms with E-state index in [2.05, 4.69) is 5.10 Å². The summed E-state index contributed by atoms with van der Waals surface area (Å²) in [5.74, 6) is -0.923. The van der Waals surface area contributed by atoms with Gasteiger partial charge in [0.05, 0.1) is 6.20 Å². The van der Waals surface area contributed by atoms with Crippen molar-refractivity contribution in [3.8, 4) is 0 Å². The Kier molecular flexibility index (Phi) is 3.53. The van der Waals surface area contributed by atoms with E-state index in [1.807, 2.05) is 0 Å². The normalized spacial score (nSPS) is 21.7. The van der Waals surface area contributed by atoms with Gasteiger partial charge in [-0.15, -0.1) is 0 Å². The lowest BCUT2D eigenvalue weighted by atomic mass is 10.1. The van der Waals surface area contributed by atoms with E-state index in [1.54, 1.807) is 7.05 Å². The maximum atomic E-state index is 12.7. The van der Waals surface area contributed by atoms with Crippen molar-refractivity contribution in [2.75, 3.05) is 6.54 Å². The molecular weight excluding hydrogens is 263 g/mol. The molecule has 1 aromatic rings. The van der Waals surface area contributed by atoms with Crippen LogP contribution in [-0.4, -0.2) is 44.5 Å². The van der Waals surface area contributed by atoms with Crippen LogP contribution < -0.4 is 0 Å². The fourth-order valence-electron chi connectivity index (χ4n) is 2.25. The molecule has 8 heteroatoms. The minimum Gasteiger partial charge on any atom is -0.378 e. The van der Waals surface area contributed by atoms with Crippen LogP contribution in [0.25, 0.3) is 0 Å². The van der Waals surface area contributed by atoms with Gasteiger partial charge < -0.3 is 10.0 Å². The van der Waals surface area contributed by atoms with Gasteiger partial charge in [0.2, 0.25) is 0 Å². The van der Waals surface area contributed by atoms with Gasteiger partial charge in [0, 0.05) is 25.4 Å². The summed E-state index contributed by atoms with van der Waals surface area (Å²) in [6, 6.07) is -1.80. The molecule has 1 fully saturated rings. The summed E-state index contributed by atoms with van der Waals surface area (Å²) in [7, 11) is 1.59. The van der Waals surface area contributed by atoms with Gasteiger partial charge in [-0.25, -0.2) is 0 Å². The first-order valence-corrected chi connectivity index (χ1v) is 5.84. The Labute approximate surface area is 107 Å². The Morgan fingerprint density at radius 2 is 2.26 bits per heavy atom. The van der Waals surface area contributed by atoms with Crippen molar-refractivity contribution in [1.29, 1.82) is 0 Å². The predicted octanol–water partition coefficient (Wildman–Crippen LogP) is 1.01. The topological polar surface area (TPSA) is 58.4 Å². The molecule has 1 aliphatic heterocycles. The van der Waals surface area contributed by atoms with E-state index in [0.717, 1.165) is 0 Å². The maximum Gasteiger partial charge on any atom is 0.408 e. The van der Waals surface area contributed by atoms with Crippen molar-refractivity contribution in [2.45, 2.75) is 31.2 Å². The van der Waals surface area contributed by atoms with E-state index < -0.39 is 24.2 Å². The molecule has 0 aromatic carbocycles. The summed E-state index contributed by atoms with van der Waals surface area (Å²) in [6.07, 6.45) is -3.22. The Balaban J connectivity index is 2.15. The monoisotopic (exact) mass is 277 g/mol. The molecule has 2 heterocycles. The molecule has 2 atom stereocenters. The molecule has 106 valence electrons. The van der Waals surface area contributed by atoms with Gasteiger partial charge in [0.1, 0.15) is 6.04 Å². The number of aromatic nitrogens is 2. The summed E-state index contributed by atoms with van der Waals surface area (Å²) in [6.45, 7) is 0.0142. The van der Waals surface area contributed by atoms with Crippen LogP contribution in [0.1, 0.15) is 24.5 Å². The summed E-state index contributed by atoms with van der Waals surface area (Å²) in [4.78, 5) is 12.7. The average Bonchev–Trinajstić information content (AvgIpc) is 2.94. The van der Waals surface area contributed by atoms with Gasteiger partial charge in [-0.1, -0.05) is 0 Å². The van der Waals surface area contributed by atoms with Crippen LogP contribution in [0.2, 0.25) is 0 Å². The van der Waals surface area contributed by atoms with E-state index >= 15 is 0 Å². The lowest BCUT2D eigenvalue weighted by Gasteiger charge is -2.28. The van der Waals surface area contributed by atoms with E-state index in [1.165, 1.54) is 17.1 Å². The number of likely N-dealkylation sites (tertiary alicyclic amines) is 1. The van der Waals surface area contributed by atoms with E-state index in [9.17, 15) is 23.1 Å². The second-order valence-corrected chi connectivity index (χ2v) is 4.58. The number of carbonyl (C=O) groups is 1. The minimum absolute atomic E-state index is 0.0142. The second kappa shape index (κ2) is 4.84. The van der Waals surface area contributed by atoms with Crippen molar-refractivity contribution in [3.05, 3.63) is 18.0 Å². The highest BCUT2D eigenvalue weighted by Crippen LogP contribution is 2.34. The predicted molar refractivity (Wildman–Crippen MR) is 59.0 cm³/mol. The quantitative estimate of drug-likeness (QED) is 0.877. The van der Waals surface area contributed by atoms with E-state index in [4.69, 9.17) is 0 Å². The fourth-order valence-corrected chi connectivity index (χ4v) is 2.25. The van der Waals surface area contributed by atoms with Crippen molar-refractivity contribution in [2.24, 2.45) is 7.05 Å². The molecule has 1 amide bonds. The summed E-state index contributed by atoms with van der Waals surface area (Å²) < 4.78 is 39.6. The van der Waals surface area contributed by atoms with Crippen molar-refractivity contribution in [3.63, 3.8) is 0 Å². The number of halogens is 3. The molecule has 1 aliphatic rings. The van der Waals surface area contributed by atoms with Crippen LogP contribution in [0.5, 0.6) is 0 Å². The van der Waals surface area contributed by atoms with Crippen LogP contribution in [0, 0.1) is 0 Å². The zero-order chi connectivity index (χ0) is 14.2. The first kappa shape index (κ1) is 13.9. The first-order chi connectivity index (χ1) is 8.80. The van der Waals surface area contributed by atoms with Crippen LogP contribution >= 0.6 is 0 Å². The smallest absolute Gasteiger partial charge is 0.378 e. The third-order valence-electron chi connectivity index (χ3n) is 3.19. The third-order valence-corrected chi connectivity index (χ3v) is 3.19. The largest absolute Gasteiger partial charge is 0.408 e. The van der Waals surface area contributed by atoms with E-state index in [0.29, 0.717) is 4.90 Å². The zero-order valence-electron chi connectivity index (χ0n) is 10.3. The molecule has 0 bridgehead atoms. The van der Waals surface area contributed by atoms with Crippen LogP contribution in [0.4, 0.5) is 13.2 Å². The number of alkyl halides is 3. The second-order valence-electron chi connectivity index (χ2n) is 4.58. The molecule has 1 saturated heterocycles. The fraction of sp³-hybridized carbons (Fsp3) is 0.636. The highest BCUT2D eigenvalue weighted by atomic mass is 19.4. The van der Waals surface area contributed by atoms with Gasteiger partial charge in [-0.2, -0.15) is 18.3 Å². The third kappa shape index (κ3) is 2.73. The highest BCUT2D eigenvalue weighted by molar-refractivity contribution is 5.82. The Hall–Kier alpha value is -1.57. The molecule has 2 rings (SSSR count). The highest BCUT2D eigenvalue weighted by Gasteiger charge is 2.48. The molecule has 19 heavy (non-hydrogen) atoms. The molecular formula is C11H14F3N3O2. The Morgan fingerprint density at radius 1 is 1.58 bits per heavy atom. The summed E-state index contributed by atoms with van der Waals surface area (Å²) in [5.41, 5.74) is 0.195. The molecule has 0 saturated carbocycles. The number of hydrogen-bond donors (Lipinski definition) is 1. The van der Waals surface area contributed by atoms with Crippen molar-refractivity contribution < 1.29 is 23.1 Å². The van der Waals surface area contributed by atoms with Crippen molar-refractivity contribution in [1.82, 2.24) is 14.7 Å². The van der Waals surface area contributed by atoms with Gasteiger partial charge in [0.25, 0.3) is 5.91 Å². The Morgan fingerprint density at radius 3 is 2.79 bits per heavy atom. The lowest BCUT2D eigenvalue weighted by Crippen LogP contribution is -2.46. The number of aryl methyl sites for hydroxylation is 1. The molecule has 1 aromatic heterocycles. The zero-order valence-corrected chi connectivity index (χ0v) is 10.3. The van der Waals surface area contributed by atoms with Gasteiger partial charge in [-0.3, -0.25) is 9.48 Å². The molecule has 0 radical (unpaired) electrons. The molecule has 5 nitrogen and oxygen atoms in total. The van der Waals surface area contributed by atoms with Crippen LogP contribution in [-0.2, 0) is 11.8 Å². The molecule has 1 N–H and O–H groups in total. The number of aliphatic hydroxyl groups is 1. The first-order valence-electron chi connectivity index (χ1n) is 5.84. The van der Waals surface area contributed by atoms with E-state index in [-0.39, 0.29) is 24.9 Å². The van der Waals surface area contributed by atoms with Gasteiger partial charge in [0.15, 0.2) is 6.10 Å². The minimum atomic E-state index is -4.46. The van der Waals surface area contributed by atoms with Crippen LogP contribution in [0.3, 0.4) is 0 Å². The SMILES string of the molecule is Cn1cc(C(O)C(=O)N2CCC[C@H]2C(F)(F)F)cn1. The number of aliphatic hydroxyl groups excluding tert-OH is 1. The standard InChI is InChI=1S/C11H14F3N3O2/c1-16-6-7(5-15-16)9(18)10(19)17-4-2-3-8(17)11(12,13)14/h5-6,8-9,18H,2-4H2,1H3/t8-,9?/m0/s1. The summed E-state index contributed by atoms with van der Waals surface area (Å²) in [5, 5.41) is 13.6. The number of amides is 1. The van der Waals surface area contributed by atoms with Crippen molar-refractivity contribution >= 4 is 5.91 Å². The number of hydrogen-bond acceptors (Lipinski definition) is 3. The summed E-state index contributed by atoms with van der Waals surface area (Å²) >= 11 is 0. The number of carbonyl (C=O) groups excluding carboxylic acids is 1. The lowest BCUT2D eigenvalue weighted by molar-refractivity contribution is -0.186. The van der Waals surface area contributed by atoms with Gasteiger partial charge >= 0.3 is 6.18 Å². The van der Waals surface area contributed by atoms with Gasteiger partial charge in [-0.05, 0) is 12.8 Å². The molecule has 1 unspecified atom stereocenters. The molecule has 0 spiro atoms. The average molecular weight is 277 g/mol. The Bertz CT molecular complexity index is 472. The number of nitrogens with zero attached hydrogens (tertiary/aromatic N) is 3. The number of rotatable bonds is 2.